The van der Waals surface area contributed by atoms with Gasteiger partial charge < -0.3 is 10.4 Å². The van der Waals surface area contributed by atoms with E-state index in [0.29, 0.717) is 0 Å². The Hall–Kier alpha value is -1.17. The molecular weight excluding hydrogens is 252 g/mol. The average Bonchev–Trinajstić information content (AvgIpc) is 2.68. The molecule has 1 aromatic heterocycles. The molecule has 20 heavy (non-hydrogen) atoms. The highest BCUT2D eigenvalue weighted by molar-refractivity contribution is 5.43. The summed E-state index contributed by atoms with van der Waals surface area (Å²) >= 11 is 0. The van der Waals surface area contributed by atoms with E-state index in [0.717, 1.165) is 58.1 Å². The second-order valence-electron chi connectivity index (χ2n) is 5.24. The monoisotopic (exact) mass is 278 g/mol. The van der Waals surface area contributed by atoms with E-state index in [2.05, 4.69) is 33.1 Å². The molecule has 2 N–H and O–H groups in total. The number of nitrogens with one attached hydrogen (secondary N) is 1. The van der Waals surface area contributed by atoms with Crippen molar-refractivity contribution in [1.29, 1.82) is 0 Å². The number of β-amino-alcohol motifs (C(OH)–C–C–N with tert-alkyl or cyclic N) is 1. The normalized spacial score (nSPS) is 17.9. The second kappa shape index (κ2) is 8.19. The van der Waals surface area contributed by atoms with Crippen LogP contribution in [-0.2, 0) is 6.54 Å². The molecule has 0 radical (unpaired) electrons. The minimum atomic E-state index is 0.257. The first kappa shape index (κ1) is 15.2. The van der Waals surface area contributed by atoms with Crippen molar-refractivity contribution in [3.63, 3.8) is 0 Å². The molecule has 5 heteroatoms. The van der Waals surface area contributed by atoms with Crippen molar-refractivity contribution >= 4 is 5.82 Å². The molecular formula is C15H26N4O. The fraction of sp³-hybridized carbons (Fsp3) is 0.667. The van der Waals surface area contributed by atoms with Gasteiger partial charge in [-0.3, -0.25) is 9.80 Å². The molecule has 1 saturated heterocycles. The summed E-state index contributed by atoms with van der Waals surface area (Å²) in [7, 11) is 0. The van der Waals surface area contributed by atoms with Gasteiger partial charge in [-0.05, 0) is 32.5 Å². The van der Waals surface area contributed by atoms with Crippen molar-refractivity contribution in [1.82, 2.24) is 14.8 Å². The van der Waals surface area contributed by atoms with Crippen molar-refractivity contribution in [3.05, 3.63) is 23.9 Å². The third kappa shape index (κ3) is 4.44. The molecule has 0 atom stereocenters. The van der Waals surface area contributed by atoms with E-state index in [1.165, 1.54) is 5.56 Å². The quantitative estimate of drug-likeness (QED) is 0.813. The summed E-state index contributed by atoms with van der Waals surface area (Å²) in [5.74, 6) is 1.01. The van der Waals surface area contributed by atoms with Gasteiger partial charge in [0.1, 0.15) is 5.82 Å². The van der Waals surface area contributed by atoms with Gasteiger partial charge in [0.15, 0.2) is 0 Å². The summed E-state index contributed by atoms with van der Waals surface area (Å²) in [4.78, 5) is 9.24. The predicted octanol–water partition coefficient (Wildman–Crippen LogP) is 1.01. The maximum absolute atomic E-state index is 9.04. The Morgan fingerprint density at radius 1 is 1.25 bits per heavy atom. The summed E-state index contributed by atoms with van der Waals surface area (Å²) < 4.78 is 0. The van der Waals surface area contributed by atoms with Gasteiger partial charge in [0.05, 0.1) is 6.61 Å². The molecule has 0 saturated carbocycles. The van der Waals surface area contributed by atoms with E-state index >= 15 is 0 Å². The van der Waals surface area contributed by atoms with Crippen LogP contribution in [0.2, 0.25) is 0 Å². The SMILES string of the molecule is CCNc1ncccc1CN1CCCN(CCO)CC1. The van der Waals surface area contributed by atoms with Gasteiger partial charge in [0, 0.05) is 44.5 Å². The molecule has 0 amide bonds. The number of aliphatic hydroxyl groups is 1. The van der Waals surface area contributed by atoms with Gasteiger partial charge >= 0.3 is 0 Å². The summed E-state index contributed by atoms with van der Waals surface area (Å²) in [6.45, 7) is 9.29. The van der Waals surface area contributed by atoms with Crippen LogP contribution in [0.5, 0.6) is 0 Å². The topological polar surface area (TPSA) is 51.6 Å². The Kier molecular flexibility index (Phi) is 6.24. The molecule has 1 aliphatic heterocycles. The number of rotatable bonds is 6. The number of nitrogens with zero attached hydrogens (tertiary/aromatic N) is 3. The van der Waals surface area contributed by atoms with Crippen LogP contribution in [-0.4, -0.2) is 65.8 Å². The fourth-order valence-electron chi connectivity index (χ4n) is 2.68. The zero-order valence-corrected chi connectivity index (χ0v) is 12.4. The molecule has 1 fully saturated rings. The Bertz CT molecular complexity index is 399. The van der Waals surface area contributed by atoms with Crippen LogP contribution in [0, 0.1) is 0 Å². The number of hydrogen-bond donors (Lipinski definition) is 2. The molecule has 0 aliphatic carbocycles. The van der Waals surface area contributed by atoms with Gasteiger partial charge in [0.25, 0.3) is 0 Å². The maximum atomic E-state index is 9.04. The molecule has 2 heterocycles. The number of aliphatic hydroxyl groups excluding tert-OH is 1. The molecule has 2 rings (SSSR count). The minimum Gasteiger partial charge on any atom is -0.395 e. The van der Waals surface area contributed by atoms with Crippen LogP contribution >= 0.6 is 0 Å². The molecule has 0 unspecified atom stereocenters. The van der Waals surface area contributed by atoms with Gasteiger partial charge in [-0.1, -0.05) is 6.07 Å². The summed E-state index contributed by atoms with van der Waals surface area (Å²) in [6, 6.07) is 4.16. The third-order valence-corrected chi connectivity index (χ3v) is 3.73. The minimum absolute atomic E-state index is 0.257. The van der Waals surface area contributed by atoms with Crippen molar-refractivity contribution in [3.8, 4) is 0 Å². The number of anilines is 1. The number of aromatic nitrogens is 1. The van der Waals surface area contributed by atoms with Gasteiger partial charge in [-0.25, -0.2) is 4.98 Å². The standard InChI is InChI=1S/C15H26N4O/c1-2-16-15-14(5-3-6-17-15)13-19-8-4-7-18(9-10-19)11-12-20/h3,5-6,20H,2,4,7-13H2,1H3,(H,16,17). The molecule has 1 aromatic rings. The van der Waals surface area contributed by atoms with E-state index in [1.54, 1.807) is 0 Å². The fourth-order valence-corrected chi connectivity index (χ4v) is 2.68. The summed E-state index contributed by atoms with van der Waals surface area (Å²) in [5, 5.41) is 12.4. The van der Waals surface area contributed by atoms with Crippen LogP contribution in [0.1, 0.15) is 18.9 Å². The lowest BCUT2D eigenvalue weighted by atomic mass is 10.2. The van der Waals surface area contributed by atoms with Crippen LogP contribution in [0.25, 0.3) is 0 Å². The zero-order chi connectivity index (χ0) is 14.2. The van der Waals surface area contributed by atoms with Gasteiger partial charge in [-0.2, -0.15) is 0 Å². The highest BCUT2D eigenvalue weighted by Crippen LogP contribution is 2.15. The Balaban J connectivity index is 1.93. The smallest absolute Gasteiger partial charge is 0.130 e. The number of hydrogen-bond acceptors (Lipinski definition) is 5. The first-order valence-electron chi connectivity index (χ1n) is 7.56. The van der Waals surface area contributed by atoms with Crippen molar-refractivity contribution in [2.45, 2.75) is 19.9 Å². The molecule has 0 spiro atoms. The van der Waals surface area contributed by atoms with E-state index in [4.69, 9.17) is 5.11 Å². The van der Waals surface area contributed by atoms with Crippen molar-refractivity contribution in [2.75, 3.05) is 51.2 Å². The van der Waals surface area contributed by atoms with Crippen LogP contribution < -0.4 is 5.32 Å². The van der Waals surface area contributed by atoms with Gasteiger partial charge in [0.2, 0.25) is 0 Å². The Labute approximate surface area is 121 Å². The lowest BCUT2D eigenvalue weighted by molar-refractivity contribution is 0.196. The molecule has 0 bridgehead atoms. The largest absolute Gasteiger partial charge is 0.395 e. The Morgan fingerprint density at radius 3 is 2.85 bits per heavy atom. The van der Waals surface area contributed by atoms with E-state index < -0.39 is 0 Å². The van der Waals surface area contributed by atoms with E-state index in [-0.39, 0.29) is 6.61 Å². The maximum Gasteiger partial charge on any atom is 0.130 e. The lowest BCUT2D eigenvalue weighted by Crippen LogP contribution is -2.32. The Morgan fingerprint density at radius 2 is 2.05 bits per heavy atom. The molecule has 0 aromatic carbocycles. The summed E-state index contributed by atoms with van der Waals surface area (Å²) in [6.07, 6.45) is 3.00. The van der Waals surface area contributed by atoms with Crippen LogP contribution in [0.3, 0.4) is 0 Å². The summed E-state index contributed by atoms with van der Waals surface area (Å²) in [5.41, 5.74) is 1.27. The van der Waals surface area contributed by atoms with Crippen LogP contribution in [0.15, 0.2) is 18.3 Å². The lowest BCUT2D eigenvalue weighted by Gasteiger charge is -2.22. The highest BCUT2D eigenvalue weighted by atomic mass is 16.3. The van der Waals surface area contributed by atoms with E-state index in [1.807, 2.05) is 12.3 Å². The first-order chi connectivity index (χ1) is 9.83. The van der Waals surface area contributed by atoms with Crippen molar-refractivity contribution in [2.24, 2.45) is 0 Å². The second-order valence-corrected chi connectivity index (χ2v) is 5.24. The highest BCUT2D eigenvalue weighted by Gasteiger charge is 2.15. The predicted molar refractivity (Wildman–Crippen MR) is 81.8 cm³/mol. The molecule has 1 aliphatic rings. The van der Waals surface area contributed by atoms with Gasteiger partial charge in [-0.15, -0.1) is 0 Å². The molecule has 5 nitrogen and oxygen atoms in total. The zero-order valence-electron chi connectivity index (χ0n) is 12.4. The first-order valence-corrected chi connectivity index (χ1v) is 7.56. The van der Waals surface area contributed by atoms with Crippen molar-refractivity contribution < 1.29 is 5.11 Å². The van der Waals surface area contributed by atoms with Crippen LogP contribution in [0.4, 0.5) is 5.82 Å². The molecule has 112 valence electrons. The third-order valence-electron chi connectivity index (χ3n) is 3.73. The number of pyridine rings is 1. The van der Waals surface area contributed by atoms with E-state index in [9.17, 15) is 0 Å². The average molecular weight is 278 g/mol.